The Morgan fingerprint density at radius 1 is 0.641 bits per heavy atom. The minimum atomic E-state index is -4.26. The van der Waals surface area contributed by atoms with Gasteiger partial charge in [0, 0.05) is 0 Å². The third-order valence-corrected chi connectivity index (χ3v) is 20.2. The molecule has 0 aliphatic heterocycles. The Morgan fingerprint density at radius 2 is 1.10 bits per heavy atom. The second-order valence-electron chi connectivity index (χ2n) is 12.8. The molecule has 3 aliphatic carbocycles. The van der Waals surface area contributed by atoms with Crippen LogP contribution in [0, 0.1) is 0 Å². The van der Waals surface area contributed by atoms with Crippen molar-refractivity contribution < 1.29 is 26.1 Å². The van der Waals surface area contributed by atoms with Crippen LogP contribution in [0.3, 0.4) is 0 Å². The van der Waals surface area contributed by atoms with Crippen molar-refractivity contribution in [2.45, 2.75) is 172 Å². The van der Waals surface area contributed by atoms with Gasteiger partial charge in [0.1, 0.15) is 0 Å². The fourth-order valence-corrected chi connectivity index (χ4v) is 20.1. The molecule has 39 heavy (non-hydrogen) atoms. The second-order valence-corrected chi connectivity index (χ2v) is 19.8. The number of ether oxygens (including phenoxy) is 1. The summed E-state index contributed by atoms with van der Waals surface area (Å²) in [6.07, 6.45) is 23.2. The second kappa shape index (κ2) is 16.4. The van der Waals surface area contributed by atoms with E-state index in [1.807, 2.05) is 6.92 Å². The van der Waals surface area contributed by atoms with Crippen LogP contribution in [-0.2, 0) is 28.1 Å². The number of hydrogen-bond donors (Lipinski definition) is 0. The summed E-state index contributed by atoms with van der Waals surface area (Å²) in [6.45, 7) is 1.06. The van der Waals surface area contributed by atoms with Crippen molar-refractivity contribution in [3.63, 3.8) is 0 Å². The van der Waals surface area contributed by atoms with Crippen molar-refractivity contribution in [3.8, 4) is 0 Å². The fourth-order valence-electron chi connectivity index (χ4n) is 8.32. The topological polar surface area (TPSA) is 78.9 Å². The van der Waals surface area contributed by atoms with Gasteiger partial charge in [0.25, 0.3) is 0 Å². The van der Waals surface area contributed by atoms with Gasteiger partial charge in [0.2, 0.25) is 0 Å². The molecular weight excluding hydrogens is 531 g/mol. The SMILES string of the molecule is CCCCCCCCOS(=O)(=O)OP(CC(=O)OCCC)(C1CCCCC1)(C1CCCCC1)C1CCCCC1. The van der Waals surface area contributed by atoms with Crippen LogP contribution in [0.1, 0.15) is 155 Å². The molecule has 8 heteroatoms. The van der Waals surface area contributed by atoms with Crippen LogP contribution in [0.25, 0.3) is 0 Å². The molecule has 0 saturated heterocycles. The van der Waals surface area contributed by atoms with Gasteiger partial charge in [0.05, 0.1) is 0 Å². The minimum absolute atomic E-state index is 0.151. The van der Waals surface area contributed by atoms with Crippen LogP contribution < -0.4 is 0 Å². The zero-order chi connectivity index (χ0) is 28.1. The molecule has 0 N–H and O–H groups in total. The molecule has 0 heterocycles. The average molecular weight is 591 g/mol. The third-order valence-electron chi connectivity index (χ3n) is 10.1. The van der Waals surface area contributed by atoms with E-state index in [0.29, 0.717) is 6.61 Å². The first-order valence-corrected chi connectivity index (χ1v) is 20.5. The summed E-state index contributed by atoms with van der Waals surface area (Å²) in [6, 6.07) is 0. The van der Waals surface area contributed by atoms with Crippen molar-refractivity contribution in [2.24, 2.45) is 0 Å². The maximum absolute atomic E-state index is 13.9. The Bertz CT molecular complexity index is 765. The summed E-state index contributed by atoms with van der Waals surface area (Å²) < 4.78 is 46.3. The van der Waals surface area contributed by atoms with Gasteiger partial charge in [-0.2, -0.15) is 0 Å². The maximum atomic E-state index is 13.9. The summed E-state index contributed by atoms with van der Waals surface area (Å²) in [7, 11) is -4.26. The van der Waals surface area contributed by atoms with Gasteiger partial charge in [0.15, 0.2) is 0 Å². The van der Waals surface area contributed by atoms with Crippen LogP contribution >= 0.6 is 6.83 Å². The third kappa shape index (κ3) is 8.64. The molecule has 0 aromatic heterocycles. The zero-order valence-corrected chi connectivity index (χ0v) is 26.9. The molecule has 3 fully saturated rings. The van der Waals surface area contributed by atoms with Crippen LogP contribution in [0.4, 0.5) is 0 Å². The van der Waals surface area contributed by atoms with E-state index in [1.165, 1.54) is 38.5 Å². The number of unbranched alkanes of at least 4 members (excludes halogenated alkanes) is 5. The Labute approximate surface area is 240 Å². The number of esters is 1. The predicted molar refractivity (Wildman–Crippen MR) is 163 cm³/mol. The Morgan fingerprint density at radius 3 is 1.56 bits per heavy atom. The number of rotatable bonds is 17. The number of hydrogen-bond acceptors (Lipinski definition) is 6. The van der Waals surface area contributed by atoms with Gasteiger partial charge < -0.3 is 0 Å². The molecule has 0 radical (unpaired) electrons. The standard InChI is InChI=1S/C31H59O6PS/c1-3-5-6-7-8-18-26-36-39(33,34)37-38(27-31(32)35-25-4-2,28-19-12-9-13-20-28,29-21-14-10-15-22-29)30-23-16-11-17-24-30/h28-30H,3-27H2,1-2H3. The van der Waals surface area contributed by atoms with Gasteiger partial charge in [-0.3, -0.25) is 0 Å². The van der Waals surface area contributed by atoms with Crippen LogP contribution in [0.15, 0.2) is 0 Å². The van der Waals surface area contributed by atoms with Gasteiger partial charge in [-0.05, 0) is 0 Å². The van der Waals surface area contributed by atoms with Gasteiger partial charge in [-0.15, -0.1) is 0 Å². The molecule has 0 atom stereocenters. The summed E-state index contributed by atoms with van der Waals surface area (Å²) in [4.78, 5) is 13.7. The molecule has 0 bridgehead atoms. The van der Waals surface area contributed by atoms with Crippen molar-refractivity contribution in [1.29, 1.82) is 0 Å². The molecule has 3 aliphatic rings. The van der Waals surface area contributed by atoms with Crippen molar-refractivity contribution in [1.82, 2.24) is 0 Å². The average Bonchev–Trinajstić information content (AvgIpc) is 2.96. The quantitative estimate of drug-likeness (QED) is 0.0955. The molecule has 0 amide bonds. The summed E-state index contributed by atoms with van der Waals surface area (Å²) in [5.74, 6) is -0.234. The predicted octanol–water partition coefficient (Wildman–Crippen LogP) is 9.04. The van der Waals surface area contributed by atoms with Crippen molar-refractivity contribution >= 4 is 23.2 Å². The normalized spacial score (nSPS) is 21.8. The van der Waals surface area contributed by atoms with Crippen LogP contribution in [0.5, 0.6) is 0 Å². The first kappa shape index (κ1) is 33.3. The van der Waals surface area contributed by atoms with E-state index in [1.54, 1.807) is 0 Å². The fraction of sp³-hybridized carbons (Fsp3) is 0.968. The first-order valence-electron chi connectivity index (χ1n) is 16.6. The van der Waals surface area contributed by atoms with E-state index in [2.05, 4.69) is 6.92 Å². The molecule has 0 spiro atoms. The van der Waals surface area contributed by atoms with Crippen molar-refractivity contribution in [2.75, 3.05) is 19.4 Å². The van der Waals surface area contributed by atoms with E-state index in [9.17, 15) is 13.2 Å². The van der Waals surface area contributed by atoms with E-state index in [-0.39, 0.29) is 35.7 Å². The summed E-state index contributed by atoms with van der Waals surface area (Å²) in [5, 5.41) is 0. The molecule has 3 saturated carbocycles. The Balaban J connectivity index is 2.01. The molecule has 0 aromatic rings. The molecule has 0 unspecified atom stereocenters. The van der Waals surface area contributed by atoms with E-state index < -0.39 is 17.2 Å². The molecular formula is C31H59O6PS. The Kier molecular flexibility index (Phi) is 14.0. The van der Waals surface area contributed by atoms with E-state index >= 15 is 0 Å². The van der Waals surface area contributed by atoms with E-state index in [4.69, 9.17) is 12.9 Å². The Hall–Kier alpha value is -0.230. The van der Waals surface area contributed by atoms with Gasteiger partial charge in [-0.25, -0.2) is 0 Å². The van der Waals surface area contributed by atoms with E-state index in [0.717, 1.165) is 103 Å². The number of carbonyl (C=O) groups is 1. The molecule has 3 rings (SSSR count). The van der Waals surface area contributed by atoms with Gasteiger partial charge >= 0.3 is 241 Å². The molecule has 0 aromatic carbocycles. The van der Waals surface area contributed by atoms with Crippen molar-refractivity contribution in [3.05, 3.63) is 0 Å². The first-order chi connectivity index (χ1) is 18.9. The summed E-state index contributed by atoms with van der Waals surface area (Å²) >= 11 is 0. The molecule has 6 nitrogen and oxygen atoms in total. The van der Waals surface area contributed by atoms with Gasteiger partial charge in [-0.1, -0.05) is 0 Å². The monoisotopic (exact) mass is 590 g/mol. The number of carbonyl (C=O) groups excluding carboxylic acids is 1. The molecule has 230 valence electrons. The zero-order valence-electron chi connectivity index (χ0n) is 25.2. The summed E-state index contributed by atoms with van der Waals surface area (Å²) in [5.41, 5.74) is 0.452. The van der Waals surface area contributed by atoms with Crippen LogP contribution in [-0.4, -0.2) is 50.7 Å². The van der Waals surface area contributed by atoms with Crippen LogP contribution in [0.2, 0.25) is 0 Å².